The number of hydrogen-bond donors (Lipinski definition) is 1. The summed E-state index contributed by atoms with van der Waals surface area (Å²) in [6.07, 6.45) is 0. The summed E-state index contributed by atoms with van der Waals surface area (Å²) in [5.41, 5.74) is 3.77. The number of carbonyl (C=O) groups is 1. The molecule has 160 valence electrons. The van der Waals surface area contributed by atoms with E-state index in [1.54, 1.807) is 0 Å². The first-order valence-corrected chi connectivity index (χ1v) is 11.2. The van der Waals surface area contributed by atoms with Gasteiger partial charge < -0.3 is 10.1 Å². The molecule has 5 aromatic rings. The molecule has 0 radical (unpaired) electrons. The van der Waals surface area contributed by atoms with E-state index in [9.17, 15) is 4.79 Å². The van der Waals surface area contributed by atoms with Crippen LogP contribution >= 0.6 is 15.9 Å². The molecule has 5 rings (SSSR count). The van der Waals surface area contributed by atoms with Gasteiger partial charge >= 0.3 is 0 Å². The Bertz CT molecular complexity index is 1420. The number of fused-ring (bicyclic) bond motifs is 1. The lowest BCUT2D eigenvalue weighted by atomic mass is 10.0. The van der Waals surface area contributed by atoms with Crippen molar-refractivity contribution >= 4 is 38.4 Å². The molecule has 1 aromatic heterocycles. The summed E-state index contributed by atoms with van der Waals surface area (Å²) in [4.78, 5) is 18.0. The Labute approximate surface area is 200 Å². The van der Waals surface area contributed by atoms with E-state index >= 15 is 0 Å². The van der Waals surface area contributed by atoms with Gasteiger partial charge in [-0.3, -0.25) is 4.79 Å². The van der Waals surface area contributed by atoms with Crippen LogP contribution in [0.25, 0.3) is 22.2 Å². The second-order valence-electron chi connectivity index (χ2n) is 7.47. The van der Waals surface area contributed by atoms with Gasteiger partial charge in [0.2, 0.25) is 0 Å². The van der Waals surface area contributed by atoms with Crippen molar-refractivity contribution in [3.63, 3.8) is 0 Å². The van der Waals surface area contributed by atoms with Crippen LogP contribution in [0, 0.1) is 0 Å². The standard InChI is InChI=1S/C28H19BrN2O2/c29-20-10-14-22(15-11-20)33-23-16-12-21(13-17-23)30-28(32)25-18-27(19-6-2-1-3-7-19)31-26-9-5-4-8-24(25)26/h1-18H,(H,30,32). The number of halogens is 1. The maximum absolute atomic E-state index is 13.2. The van der Waals surface area contributed by atoms with Crippen molar-refractivity contribution in [2.24, 2.45) is 0 Å². The Morgan fingerprint density at radius 1 is 0.758 bits per heavy atom. The smallest absolute Gasteiger partial charge is 0.256 e. The van der Waals surface area contributed by atoms with Crippen LogP contribution in [0.4, 0.5) is 5.69 Å². The number of nitrogens with zero attached hydrogens (tertiary/aromatic N) is 1. The molecule has 0 aliphatic carbocycles. The fourth-order valence-electron chi connectivity index (χ4n) is 3.56. The van der Waals surface area contributed by atoms with Crippen LogP contribution in [0.2, 0.25) is 0 Å². The lowest BCUT2D eigenvalue weighted by Gasteiger charge is -2.11. The number of rotatable bonds is 5. The number of amides is 1. The van der Waals surface area contributed by atoms with Crippen LogP contribution in [-0.4, -0.2) is 10.9 Å². The van der Waals surface area contributed by atoms with Gasteiger partial charge in [-0.1, -0.05) is 64.5 Å². The monoisotopic (exact) mass is 494 g/mol. The minimum absolute atomic E-state index is 0.188. The van der Waals surface area contributed by atoms with Crippen LogP contribution in [0.5, 0.6) is 11.5 Å². The van der Waals surface area contributed by atoms with Crippen LogP contribution < -0.4 is 10.1 Å². The largest absolute Gasteiger partial charge is 0.457 e. The number of pyridine rings is 1. The molecule has 0 bridgehead atoms. The van der Waals surface area contributed by atoms with Crippen molar-refractivity contribution in [3.05, 3.63) is 119 Å². The van der Waals surface area contributed by atoms with Gasteiger partial charge in [-0.05, 0) is 60.7 Å². The molecule has 0 fully saturated rings. The third-order valence-corrected chi connectivity index (χ3v) is 5.72. The average Bonchev–Trinajstić information content (AvgIpc) is 2.86. The highest BCUT2D eigenvalue weighted by Crippen LogP contribution is 2.27. The number of aromatic nitrogens is 1. The van der Waals surface area contributed by atoms with Crippen LogP contribution in [-0.2, 0) is 0 Å². The van der Waals surface area contributed by atoms with Gasteiger partial charge in [-0.2, -0.15) is 0 Å². The summed E-state index contributed by atoms with van der Waals surface area (Å²) in [6, 6.07) is 34.3. The lowest BCUT2D eigenvalue weighted by molar-refractivity contribution is 0.102. The van der Waals surface area contributed by atoms with Gasteiger partial charge in [0.05, 0.1) is 16.8 Å². The molecule has 4 nitrogen and oxygen atoms in total. The van der Waals surface area contributed by atoms with E-state index in [4.69, 9.17) is 9.72 Å². The van der Waals surface area contributed by atoms with Crippen molar-refractivity contribution in [2.45, 2.75) is 0 Å². The Morgan fingerprint density at radius 3 is 2.12 bits per heavy atom. The zero-order chi connectivity index (χ0) is 22.6. The summed E-state index contributed by atoms with van der Waals surface area (Å²) < 4.78 is 6.85. The quantitative estimate of drug-likeness (QED) is 0.272. The molecular weight excluding hydrogens is 476 g/mol. The molecule has 0 spiro atoms. The van der Waals surface area contributed by atoms with Crippen LogP contribution in [0.3, 0.4) is 0 Å². The van der Waals surface area contributed by atoms with Gasteiger partial charge in [0.15, 0.2) is 0 Å². The molecule has 5 heteroatoms. The van der Waals surface area contributed by atoms with E-state index < -0.39 is 0 Å². The summed E-state index contributed by atoms with van der Waals surface area (Å²) in [5.74, 6) is 1.25. The van der Waals surface area contributed by atoms with Gasteiger partial charge in [0.1, 0.15) is 11.5 Å². The predicted molar refractivity (Wildman–Crippen MR) is 136 cm³/mol. The van der Waals surface area contributed by atoms with Crippen LogP contribution in [0.15, 0.2) is 114 Å². The SMILES string of the molecule is O=C(Nc1ccc(Oc2ccc(Br)cc2)cc1)c1cc(-c2ccccc2)nc2ccccc12. The molecule has 0 saturated carbocycles. The Hall–Kier alpha value is -3.96. The first-order valence-electron chi connectivity index (χ1n) is 10.5. The minimum atomic E-state index is -0.188. The number of hydrogen-bond acceptors (Lipinski definition) is 3. The van der Waals surface area contributed by atoms with Gasteiger partial charge in [0.25, 0.3) is 5.91 Å². The highest BCUT2D eigenvalue weighted by molar-refractivity contribution is 9.10. The summed E-state index contributed by atoms with van der Waals surface area (Å²) >= 11 is 3.42. The topological polar surface area (TPSA) is 51.2 Å². The van der Waals surface area contributed by atoms with E-state index in [2.05, 4.69) is 21.2 Å². The van der Waals surface area contributed by atoms with E-state index in [0.29, 0.717) is 17.0 Å². The van der Waals surface area contributed by atoms with E-state index in [1.165, 1.54) is 0 Å². The predicted octanol–water partition coefficient (Wildman–Crippen LogP) is 7.71. The minimum Gasteiger partial charge on any atom is -0.457 e. The third kappa shape index (κ3) is 4.78. The van der Waals surface area contributed by atoms with Crippen LogP contribution in [0.1, 0.15) is 10.4 Å². The zero-order valence-corrected chi connectivity index (χ0v) is 19.1. The molecule has 1 heterocycles. The molecule has 33 heavy (non-hydrogen) atoms. The van der Waals surface area contributed by atoms with Gasteiger partial charge in [-0.25, -0.2) is 4.98 Å². The van der Waals surface area contributed by atoms with E-state index in [-0.39, 0.29) is 5.91 Å². The van der Waals surface area contributed by atoms with Crippen molar-refractivity contribution in [3.8, 4) is 22.8 Å². The first-order chi connectivity index (χ1) is 16.2. The van der Waals surface area contributed by atoms with E-state index in [1.807, 2.05) is 109 Å². The summed E-state index contributed by atoms with van der Waals surface area (Å²) in [5, 5.41) is 3.81. The molecule has 4 aromatic carbocycles. The maximum Gasteiger partial charge on any atom is 0.256 e. The van der Waals surface area contributed by atoms with Crippen molar-refractivity contribution < 1.29 is 9.53 Å². The Morgan fingerprint density at radius 2 is 1.39 bits per heavy atom. The molecule has 0 aliphatic rings. The van der Waals surface area contributed by atoms with Gasteiger partial charge in [-0.15, -0.1) is 0 Å². The fraction of sp³-hybridized carbons (Fsp3) is 0. The number of benzene rings is 4. The number of nitrogens with one attached hydrogen (secondary N) is 1. The van der Waals surface area contributed by atoms with Crippen molar-refractivity contribution in [1.82, 2.24) is 4.98 Å². The van der Waals surface area contributed by atoms with Gasteiger partial charge in [0, 0.05) is 21.1 Å². The van der Waals surface area contributed by atoms with Crippen molar-refractivity contribution in [2.75, 3.05) is 5.32 Å². The summed E-state index contributed by atoms with van der Waals surface area (Å²) in [7, 11) is 0. The average molecular weight is 495 g/mol. The number of para-hydroxylation sites is 1. The highest BCUT2D eigenvalue weighted by Gasteiger charge is 2.14. The maximum atomic E-state index is 13.2. The summed E-state index contributed by atoms with van der Waals surface area (Å²) in [6.45, 7) is 0. The molecular formula is C28H19BrN2O2. The molecule has 0 aliphatic heterocycles. The molecule has 0 saturated heterocycles. The lowest BCUT2D eigenvalue weighted by Crippen LogP contribution is -2.13. The van der Waals surface area contributed by atoms with E-state index in [0.717, 1.165) is 32.4 Å². The third-order valence-electron chi connectivity index (χ3n) is 5.19. The zero-order valence-electron chi connectivity index (χ0n) is 17.5. The number of carbonyl (C=O) groups excluding carboxylic acids is 1. The normalized spacial score (nSPS) is 10.7. The number of ether oxygens (including phenoxy) is 1. The Balaban J connectivity index is 1.40. The highest BCUT2D eigenvalue weighted by atomic mass is 79.9. The Kier molecular flexibility index (Phi) is 5.87. The molecule has 0 atom stereocenters. The molecule has 1 N–H and O–H groups in total. The number of anilines is 1. The van der Waals surface area contributed by atoms with Crippen molar-refractivity contribution in [1.29, 1.82) is 0 Å². The first kappa shape index (κ1) is 20.9. The molecule has 0 unspecified atom stereocenters. The second-order valence-corrected chi connectivity index (χ2v) is 8.39. The fourth-order valence-corrected chi connectivity index (χ4v) is 3.83. The second kappa shape index (κ2) is 9.27. The molecule has 1 amide bonds.